The van der Waals surface area contributed by atoms with Gasteiger partial charge in [-0.1, -0.05) is 11.6 Å². The van der Waals surface area contributed by atoms with E-state index in [2.05, 4.69) is 38.9 Å². The summed E-state index contributed by atoms with van der Waals surface area (Å²) in [5.41, 5.74) is 6.44. The lowest BCUT2D eigenvalue weighted by Gasteiger charge is -2.36. The SMILES string of the molecule is Cc1cc(C)nc(N2CCc3c([nH]c4ccc(Cl)cc34)C2c2cnc(N3CCN(C)CC3)nc2)n1. The zero-order valence-electron chi connectivity index (χ0n) is 20.3. The summed E-state index contributed by atoms with van der Waals surface area (Å²) in [6.45, 7) is 8.74. The highest BCUT2D eigenvalue weighted by atomic mass is 35.5. The average molecular weight is 489 g/mol. The number of benzene rings is 1. The lowest BCUT2D eigenvalue weighted by Crippen LogP contribution is -2.45. The summed E-state index contributed by atoms with van der Waals surface area (Å²) in [7, 11) is 2.15. The summed E-state index contributed by atoms with van der Waals surface area (Å²) >= 11 is 6.36. The predicted octanol–water partition coefficient (Wildman–Crippen LogP) is 3.92. The fourth-order valence-corrected chi connectivity index (χ4v) is 5.47. The molecule has 1 aromatic carbocycles. The molecule has 0 bridgehead atoms. The molecule has 5 heterocycles. The van der Waals surface area contributed by atoms with Crippen LogP contribution in [-0.2, 0) is 6.42 Å². The largest absolute Gasteiger partial charge is 0.356 e. The number of likely N-dealkylation sites (N-methyl/N-ethyl adjacent to an activating group) is 1. The van der Waals surface area contributed by atoms with Gasteiger partial charge in [0.1, 0.15) is 6.04 Å². The van der Waals surface area contributed by atoms with Crippen LogP contribution in [0.25, 0.3) is 10.9 Å². The van der Waals surface area contributed by atoms with Gasteiger partial charge < -0.3 is 19.7 Å². The van der Waals surface area contributed by atoms with Crippen molar-refractivity contribution in [2.45, 2.75) is 26.3 Å². The number of fused-ring (bicyclic) bond motifs is 3. The second-order valence-electron chi connectivity index (χ2n) is 9.61. The molecule has 1 saturated heterocycles. The van der Waals surface area contributed by atoms with Crippen LogP contribution in [0.1, 0.15) is 34.3 Å². The molecule has 2 aliphatic rings. The van der Waals surface area contributed by atoms with Crippen LogP contribution in [0.3, 0.4) is 0 Å². The third-order valence-electron chi connectivity index (χ3n) is 7.08. The fourth-order valence-electron chi connectivity index (χ4n) is 5.30. The molecule has 0 radical (unpaired) electrons. The maximum absolute atomic E-state index is 6.36. The zero-order valence-corrected chi connectivity index (χ0v) is 21.0. The number of nitrogens with zero attached hydrogens (tertiary/aromatic N) is 7. The van der Waals surface area contributed by atoms with Crippen molar-refractivity contribution in [2.75, 3.05) is 49.6 Å². The lowest BCUT2D eigenvalue weighted by molar-refractivity contribution is 0.311. The minimum absolute atomic E-state index is 0.118. The zero-order chi connectivity index (χ0) is 24.1. The number of aromatic amines is 1. The summed E-state index contributed by atoms with van der Waals surface area (Å²) in [6, 6.07) is 7.93. The smallest absolute Gasteiger partial charge is 0.226 e. The maximum atomic E-state index is 6.36. The van der Waals surface area contributed by atoms with Gasteiger partial charge in [0, 0.05) is 83.7 Å². The molecule has 2 aliphatic heterocycles. The first-order chi connectivity index (χ1) is 17.0. The van der Waals surface area contributed by atoms with E-state index in [9.17, 15) is 0 Å². The molecule has 4 aromatic rings. The van der Waals surface area contributed by atoms with E-state index in [1.165, 1.54) is 10.9 Å². The van der Waals surface area contributed by atoms with E-state index in [0.717, 1.165) is 84.2 Å². The average Bonchev–Trinajstić information content (AvgIpc) is 3.21. The minimum Gasteiger partial charge on any atom is -0.356 e. The van der Waals surface area contributed by atoms with Crippen LogP contribution in [0.15, 0.2) is 36.7 Å². The van der Waals surface area contributed by atoms with Crippen molar-refractivity contribution < 1.29 is 0 Å². The first kappa shape index (κ1) is 22.2. The predicted molar refractivity (Wildman–Crippen MR) is 139 cm³/mol. The Morgan fingerprint density at radius 1 is 0.914 bits per heavy atom. The Morgan fingerprint density at radius 3 is 2.34 bits per heavy atom. The van der Waals surface area contributed by atoms with Gasteiger partial charge in [-0.15, -0.1) is 0 Å². The van der Waals surface area contributed by atoms with E-state index in [1.807, 2.05) is 38.4 Å². The summed E-state index contributed by atoms with van der Waals surface area (Å²) in [5.74, 6) is 1.52. The molecule has 1 atom stereocenters. The molecule has 0 aliphatic carbocycles. The van der Waals surface area contributed by atoms with E-state index in [1.54, 1.807) is 0 Å². The Morgan fingerprint density at radius 2 is 1.63 bits per heavy atom. The van der Waals surface area contributed by atoms with Crippen molar-refractivity contribution in [3.8, 4) is 0 Å². The molecular formula is C26H29ClN8. The monoisotopic (exact) mass is 488 g/mol. The fraction of sp³-hybridized carbons (Fsp3) is 0.385. The van der Waals surface area contributed by atoms with Gasteiger partial charge in [-0.05, 0) is 57.1 Å². The van der Waals surface area contributed by atoms with Gasteiger partial charge >= 0.3 is 0 Å². The standard InChI is InChI=1S/C26H29ClN8/c1-16-12-17(2)31-26(30-16)35-7-6-20-21-13-19(27)4-5-22(21)32-23(20)24(35)18-14-28-25(29-15-18)34-10-8-33(3)9-11-34/h4-5,12-15,24,32H,6-11H2,1-3H3. The first-order valence-electron chi connectivity index (χ1n) is 12.1. The quantitative estimate of drug-likeness (QED) is 0.468. The summed E-state index contributed by atoms with van der Waals surface area (Å²) in [6.07, 6.45) is 4.81. The summed E-state index contributed by atoms with van der Waals surface area (Å²) in [5, 5.41) is 1.92. The molecule has 0 spiro atoms. The Balaban J connectivity index is 1.44. The summed E-state index contributed by atoms with van der Waals surface area (Å²) < 4.78 is 0. The van der Waals surface area contributed by atoms with Gasteiger partial charge in [0.05, 0.1) is 0 Å². The van der Waals surface area contributed by atoms with Crippen molar-refractivity contribution in [2.24, 2.45) is 0 Å². The Kier molecular flexibility index (Phi) is 5.57. The van der Waals surface area contributed by atoms with Gasteiger partial charge in [-0.3, -0.25) is 0 Å². The first-order valence-corrected chi connectivity index (χ1v) is 12.5. The molecule has 8 nitrogen and oxygen atoms in total. The highest BCUT2D eigenvalue weighted by Crippen LogP contribution is 2.40. The third-order valence-corrected chi connectivity index (χ3v) is 7.31. The van der Waals surface area contributed by atoms with Crippen LogP contribution >= 0.6 is 11.6 Å². The number of anilines is 2. The van der Waals surface area contributed by atoms with Crippen molar-refractivity contribution in [1.82, 2.24) is 29.8 Å². The van der Waals surface area contributed by atoms with Gasteiger partial charge in [-0.25, -0.2) is 19.9 Å². The molecule has 35 heavy (non-hydrogen) atoms. The molecule has 0 amide bonds. The highest BCUT2D eigenvalue weighted by molar-refractivity contribution is 6.31. The van der Waals surface area contributed by atoms with E-state index in [-0.39, 0.29) is 6.04 Å². The van der Waals surface area contributed by atoms with Gasteiger partial charge in [-0.2, -0.15) is 0 Å². The molecule has 9 heteroatoms. The van der Waals surface area contributed by atoms with Gasteiger partial charge in [0.2, 0.25) is 11.9 Å². The van der Waals surface area contributed by atoms with E-state index >= 15 is 0 Å². The van der Waals surface area contributed by atoms with Crippen molar-refractivity contribution in [1.29, 1.82) is 0 Å². The van der Waals surface area contributed by atoms with E-state index in [4.69, 9.17) is 31.5 Å². The van der Waals surface area contributed by atoms with E-state index in [0.29, 0.717) is 0 Å². The molecule has 1 unspecified atom stereocenters. The number of rotatable bonds is 3. The number of hydrogen-bond donors (Lipinski definition) is 1. The molecule has 180 valence electrons. The molecule has 1 fully saturated rings. The van der Waals surface area contributed by atoms with Crippen molar-refractivity contribution in [3.63, 3.8) is 0 Å². The number of H-pyrrole nitrogens is 1. The molecular weight excluding hydrogens is 460 g/mol. The van der Waals surface area contributed by atoms with Crippen LogP contribution in [0.5, 0.6) is 0 Å². The number of aryl methyl sites for hydroxylation is 2. The number of nitrogens with one attached hydrogen (secondary N) is 1. The number of aromatic nitrogens is 5. The molecule has 3 aromatic heterocycles. The lowest BCUT2D eigenvalue weighted by atomic mass is 9.94. The minimum atomic E-state index is -0.118. The number of halogens is 1. The molecule has 6 rings (SSSR count). The maximum Gasteiger partial charge on any atom is 0.226 e. The second kappa shape index (κ2) is 8.77. The van der Waals surface area contributed by atoms with Crippen LogP contribution in [0.2, 0.25) is 5.02 Å². The Hall–Kier alpha value is -3.23. The summed E-state index contributed by atoms with van der Waals surface area (Å²) in [4.78, 5) is 29.7. The second-order valence-corrected chi connectivity index (χ2v) is 10.0. The third kappa shape index (κ3) is 4.10. The Labute approximate surface area is 210 Å². The number of hydrogen-bond acceptors (Lipinski definition) is 7. The highest BCUT2D eigenvalue weighted by Gasteiger charge is 2.34. The van der Waals surface area contributed by atoms with Crippen molar-refractivity contribution >= 4 is 34.4 Å². The Bertz CT molecular complexity index is 1350. The number of piperazine rings is 1. The van der Waals surface area contributed by atoms with Crippen molar-refractivity contribution in [3.05, 3.63) is 69.9 Å². The molecule has 0 saturated carbocycles. The van der Waals surface area contributed by atoms with Crippen LogP contribution in [0, 0.1) is 13.8 Å². The molecule has 1 N–H and O–H groups in total. The topological polar surface area (TPSA) is 77.1 Å². The van der Waals surface area contributed by atoms with Crippen LogP contribution < -0.4 is 9.80 Å². The van der Waals surface area contributed by atoms with Gasteiger partial charge in [0.15, 0.2) is 0 Å². The van der Waals surface area contributed by atoms with Crippen LogP contribution in [-0.4, -0.2) is 69.6 Å². The van der Waals surface area contributed by atoms with Crippen LogP contribution in [0.4, 0.5) is 11.9 Å². The van der Waals surface area contributed by atoms with E-state index < -0.39 is 0 Å². The van der Waals surface area contributed by atoms with Gasteiger partial charge in [0.25, 0.3) is 0 Å². The normalized spacial score (nSPS) is 18.8.